The molecule has 0 atom stereocenters. The van der Waals surface area contributed by atoms with Gasteiger partial charge in [0.15, 0.2) is 6.29 Å². The second kappa shape index (κ2) is 3.99. The van der Waals surface area contributed by atoms with Crippen LogP contribution in [0.2, 0.25) is 0 Å². The third kappa shape index (κ3) is 2.13. The summed E-state index contributed by atoms with van der Waals surface area (Å²) in [6.07, 6.45) is 8.19. The molecule has 0 aromatic heterocycles. The number of hydrogen-bond donors (Lipinski definition) is 0. The smallest absolute Gasteiger partial charge is 0.198 e. The van der Waals surface area contributed by atoms with E-state index in [2.05, 4.69) is 11.1 Å². The van der Waals surface area contributed by atoms with E-state index in [4.69, 9.17) is 0 Å². The highest BCUT2D eigenvalue weighted by Gasteiger charge is 1.97. The van der Waals surface area contributed by atoms with Gasteiger partial charge < -0.3 is 0 Å². The largest absolute Gasteiger partial charge is 0.291 e. The standard InChI is InChI=1S/C8H10NO/c10-7-3-5-8-4-1-2-6-9-8/h1,4H,2-3,5-6H2. The van der Waals surface area contributed by atoms with E-state index in [9.17, 15) is 4.79 Å². The van der Waals surface area contributed by atoms with Gasteiger partial charge in [0.2, 0.25) is 0 Å². The number of allylic oxidation sites excluding steroid dienone is 1. The van der Waals surface area contributed by atoms with E-state index in [1.165, 1.54) is 0 Å². The third-order valence-corrected chi connectivity index (χ3v) is 1.40. The van der Waals surface area contributed by atoms with Gasteiger partial charge in [0, 0.05) is 18.7 Å². The third-order valence-electron chi connectivity index (χ3n) is 1.40. The minimum absolute atomic E-state index is 0.475. The van der Waals surface area contributed by atoms with E-state index in [0.29, 0.717) is 6.42 Å². The van der Waals surface area contributed by atoms with Gasteiger partial charge in [0.1, 0.15) is 0 Å². The molecular weight excluding hydrogens is 126 g/mol. The summed E-state index contributed by atoms with van der Waals surface area (Å²) < 4.78 is 0. The zero-order valence-electron chi connectivity index (χ0n) is 5.84. The van der Waals surface area contributed by atoms with Crippen molar-refractivity contribution in [1.29, 1.82) is 0 Å². The molecule has 0 amide bonds. The van der Waals surface area contributed by atoms with Gasteiger partial charge >= 0.3 is 0 Å². The maximum atomic E-state index is 9.84. The van der Waals surface area contributed by atoms with Crippen molar-refractivity contribution in [2.75, 3.05) is 6.54 Å². The first-order chi connectivity index (χ1) is 4.93. The number of dihydropyridines is 1. The number of aliphatic imine (C=N–C) groups is 1. The number of hydrogen-bond acceptors (Lipinski definition) is 2. The first-order valence-corrected chi connectivity index (χ1v) is 3.48. The lowest BCUT2D eigenvalue weighted by molar-refractivity contribution is 0.552. The lowest BCUT2D eigenvalue weighted by atomic mass is 10.1. The van der Waals surface area contributed by atoms with E-state index in [1.54, 1.807) is 0 Å². The fourth-order valence-electron chi connectivity index (χ4n) is 0.896. The molecule has 2 heteroatoms. The Morgan fingerprint density at radius 2 is 2.60 bits per heavy atom. The Kier molecular flexibility index (Phi) is 2.87. The van der Waals surface area contributed by atoms with E-state index >= 15 is 0 Å². The van der Waals surface area contributed by atoms with Crippen molar-refractivity contribution in [3.8, 4) is 0 Å². The van der Waals surface area contributed by atoms with Gasteiger partial charge in [-0.15, -0.1) is 0 Å². The van der Waals surface area contributed by atoms with Crippen molar-refractivity contribution in [1.82, 2.24) is 0 Å². The minimum atomic E-state index is 0.475. The molecule has 0 saturated heterocycles. The summed E-state index contributed by atoms with van der Waals surface area (Å²) in [4.78, 5) is 14.1. The van der Waals surface area contributed by atoms with Crippen molar-refractivity contribution >= 4 is 12.0 Å². The normalized spacial score (nSPS) is 16.6. The van der Waals surface area contributed by atoms with Crippen LogP contribution in [0.15, 0.2) is 17.1 Å². The van der Waals surface area contributed by atoms with E-state index in [-0.39, 0.29) is 0 Å². The molecular formula is C8H10NO. The average Bonchev–Trinajstić information content (AvgIpc) is 2.03. The van der Waals surface area contributed by atoms with Gasteiger partial charge in [-0.3, -0.25) is 9.79 Å². The molecule has 1 aliphatic rings. The zero-order valence-corrected chi connectivity index (χ0v) is 5.84. The Bertz CT molecular complexity index is 170. The van der Waals surface area contributed by atoms with Crippen molar-refractivity contribution in [2.24, 2.45) is 4.99 Å². The Hall–Kier alpha value is -0.920. The molecule has 1 radical (unpaired) electrons. The minimum Gasteiger partial charge on any atom is -0.291 e. The van der Waals surface area contributed by atoms with Crippen LogP contribution in [0, 0.1) is 0 Å². The Balaban J connectivity index is 2.32. The van der Waals surface area contributed by atoms with Crippen LogP contribution in [0.25, 0.3) is 0 Å². The zero-order chi connectivity index (χ0) is 7.23. The molecule has 0 aliphatic carbocycles. The quantitative estimate of drug-likeness (QED) is 0.574. The number of rotatable bonds is 3. The summed E-state index contributed by atoms with van der Waals surface area (Å²) in [6, 6.07) is 0. The highest BCUT2D eigenvalue weighted by Crippen LogP contribution is 2.00. The SMILES string of the molecule is O=[C]CCC1=NCCC=C1. The van der Waals surface area contributed by atoms with Crippen LogP contribution in [-0.2, 0) is 4.79 Å². The topological polar surface area (TPSA) is 29.4 Å². The van der Waals surface area contributed by atoms with Gasteiger partial charge in [-0.1, -0.05) is 6.08 Å². The summed E-state index contributed by atoms with van der Waals surface area (Å²) in [5.74, 6) is 0. The fraction of sp³-hybridized carbons (Fsp3) is 0.500. The number of carbonyl (C=O) groups excluding carboxylic acids is 1. The second-order valence-electron chi connectivity index (χ2n) is 2.21. The van der Waals surface area contributed by atoms with Crippen LogP contribution in [0.4, 0.5) is 0 Å². The first-order valence-electron chi connectivity index (χ1n) is 3.48. The van der Waals surface area contributed by atoms with Gasteiger partial charge in [-0.25, -0.2) is 0 Å². The highest BCUT2D eigenvalue weighted by atomic mass is 16.1. The summed E-state index contributed by atoms with van der Waals surface area (Å²) in [6.45, 7) is 0.880. The Labute approximate surface area is 60.7 Å². The van der Waals surface area contributed by atoms with Crippen molar-refractivity contribution in [2.45, 2.75) is 19.3 Å². The molecule has 1 aliphatic heterocycles. The first kappa shape index (κ1) is 7.19. The molecule has 0 N–H and O–H groups in total. The monoisotopic (exact) mass is 136 g/mol. The summed E-state index contributed by atoms with van der Waals surface area (Å²) >= 11 is 0. The molecule has 0 aromatic carbocycles. The maximum Gasteiger partial charge on any atom is 0.198 e. The highest BCUT2D eigenvalue weighted by molar-refractivity contribution is 5.96. The molecule has 1 rings (SSSR count). The van der Waals surface area contributed by atoms with Gasteiger partial charge in [-0.2, -0.15) is 0 Å². The molecule has 53 valence electrons. The van der Waals surface area contributed by atoms with Crippen LogP contribution in [0.3, 0.4) is 0 Å². The van der Waals surface area contributed by atoms with Crippen molar-refractivity contribution in [3.63, 3.8) is 0 Å². The molecule has 1 heterocycles. The molecule has 0 unspecified atom stereocenters. The Morgan fingerprint density at radius 3 is 3.20 bits per heavy atom. The molecule has 0 spiro atoms. The maximum absolute atomic E-state index is 9.84. The van der Waals surface area contributed by atoms with Gasteiger partial charge in [0.05, 0.1) is 0 Å². The van der Waals surface area contributed by atoms with Gasteiger partial charge in [0.25, 0.3) is 0 Å². The summed E-state index contributed by atoms with van der Waals surface area (Å²) in [5.41, 5.74) is 1.04. The fourth-order valence-corrected chi connectivity index (χ4v) is 0.896. The molecule has 0 fully saturated rings. The molecule has 0 aromatic rings. The van der Waals surface area contributed by atoms with E-state index < -0.39 is 0 Å². The van der Waals surface area contributed by atoms with Crippen LogP contribution in [0.1, 0.15) is 19.3 Å². The summed E-state index contributed by atoms with van der Waals surface area (Å²) in [7, 11) is 0. The molecule has 2 nitrogen and oxygen atoms in total. The molecule has 0 saturated carbocycles. The van der Waals surface area contributed by atoms with Crippen LogP contribution < -0.4 is 0 Å². The van der Waals surface area contributed by atoms with E-state index in [1.807, 2.05) is 12.4 Å². The molecule has 0 bridgehead atoms. The summed E-state index contributed by atoms with van der Waals surface area (Å²) in [5, 5.41) is 0. The predicted molar refractivity (Wildman–Crippen MR) is 41.0 cm³/mol. The average molecular weight is 136 g/mol. The van der Waals surface area contributed by atoms with Crippen LogP contribution in [0.5, 0.6) is 0 Å². The predicted octanol–water partition coefficient (Wildman–Crippen LogP) is 1.28. The second-order valence-corrected chi connectivity index (χ2v) is 2.21. The van der Waals surface area contributed by atoms with Gasteiger partial charge in [-0.05, 0) is 18.9 Å². The lowest BCUT2D eigenvalue weighted by Crippen LogP contribution is -1.99. The Morgan fingerprint density at radius 1 is 1.70 bits per heavy atom. The van der Waals surface area contributed by atoms with E-state index in [0.717, 1.165) is 25.1 Å². The molecule has 10 heavy (non-hydrogen) atoms. The van der Waals surface area contributed by atoms with Crippen molar-refractivity contribution in [3.05, 3.63) is 12.2 Å². The van der Waals surface area contributed by atoms with Crippen molar-refractivity contribution < 1.29 is 4.79 Å². The van der Waals surface area contributed by atoms with Crippen LogP contribution >= 0.6 is 0 Å². The van der Waals surface area contributed by atoms with Crippen LogP contribution in [-0.4, -0.2) is 18.5 Å². The lowest BCUT2D eigenvalue weighted by Gasteiger charge is -2.02. The number of nitrogens with zero attached hydrogens (tertiary/aromatic N) is 1.